The van der Waals surface area contributed by atoms with E-state index in [9.17, 15) is 14.0 Å². The van der Waals surface area contributed by atoms with Gasteiger partial charge in [-0.15, -0.1) is 0 Å². The zero-order valence-corrected chi connectivity index (χ0v) is 15.1. The number of benzene rings is 2. The largest absolute Gasteiger partial charge is 0.481 e. The second-order valence-corrected chi connectivity index (χ2v) is 7.18. The average Bonchev–Trinajstić information content (AvgIpc) is 3.47. The molecule has 2 amide bonds. The van der Waals surface area contributed by atoms with Crippen LogP contribution >= 0.6 is 0 Å². The highest BCUT2D eigenvalue weighted by atomic mass is 19.1. The molecule has 140 valence electrons. The molecule has 1 aliphatic heterocycles. The molecule has 1 atom stereocenters. The number of nitrogens with zero attached hydrogens (tertiary/aromatic N) is 1. The van der Waals surface area contributed by atoms with Gasteiger partial charge in [0, 0.05) is 24.3 Å². The number of rotatable bonds is 4. The molecule has 4 rings (SSSR count). The Morgan fingerprint density at radius 1 is 1.26 bits per heavy atom. The van der Waals surface area contributed by atoms with Crippen LogP contribution in [0.15, 0.2) is 42.5 Å². The standard InChI is InChI=1S/C21H21FN2O3/c1-13-21(26)24(11-14-6-7-14)12-15-10-16(8-9-19(15)27-13)23-20(25)17-4-2-3-5-18(17)22/h2-5,8-10,13-14H,6-7,11-12H2,1H3,(H,23,25). The highest BCUT2D eigenvalue weighted by Crippen LogP contribution is 2.33. The number of carbonyl (C=O) groups excluding carboxylic acids is 2. The Kier molecular flexibility index (Phi) is 4.56. The molecule has 1 fully saturated rings. The summed E-state index contributed by atoms with van der Waals surface area (Å²) in [6.07, 6.45) is 1.78. The highest BCUT2D eigenvalue weighted by Gasteiger charge is 2.32. The average molecular weight is 368 g/mol. The smallest absolute Gasteiger partial charge is 0.263 e. The Morgan fingerprint density at radius 3 is 2.78 bits per heavy atom. The summed E-state index contributed by atoms with van der Waals surface area (Å²) in [4.78, 5) is 26.7. The van der Waals surface area contributed by atoms with Gasteiger partial charge in [-0.3, -0.25) is 9.59 Å². The van der Waals surface area contributed by atoms with Crippen LogP contribution in [0, 0.1) is 11.7 Å². The fourth-order valence-electron chi connectivity index (χ4n) is 3.29. The third kappa shape index (κ3) is 3.79. The Labute approximate surface area is 157 Å². The minimum atomic E-state index is -0.567. The zero-order chi connectivity index (χ0) is 19.0. The lowest BCUT2D eigenvalue weighted by atomic mass is 10.1. The summed E-state index contributed by atoms with van der Waals surface area (Å²) in [7, 11) is 0. The van der Waals surface area contributed by atoms with Crippen molar-refractivity contribution in [1.82, 2.24) is 4.90 Å². The molecule has 1 saturated carbocycles. The summed E-state index contributed by atoms with van der Waals surface area (Å²) in [5.41, 5.74) is 1.36. The number of nitrogens with one attached hydrogen (secondary N) is 1. The van der Waals surface area contributed by atoms with Crippen molar-refractivity contribution in [2.45, 2.75) is 32.4 Å². The fraction of sp³-hybridized carbons (Fsp3) is 0.333. The van der Waals surface area contributed by atoms with Crippen LogP contribution in [-0.2, 0) is 11.3 Å². The van der Waals surface area contributed by atoms with Gasteiger partial charge in [-0.2, -0.15) is 0 Å². The third-order valence-corrected chi connectivity index (χ3v) is 4.94. The van der Waals surface area contributed by atoms with E-state index >= 15 is 0 Å². The van der Waals surface area contributed by atoms with Crippen LogP contribution < -0.4 is 10.1 Å². The molecule has 1 unspecified atom stereocenters. The van der Waals surface area contributed by atoms with Crippen molar-refractivity contribution in [1.29, 1.82) is 0 Å². The predicted octanol–water partition coefficient (Wildman–Crippen LogP) is 3.60. The van der Waals surface area contributed by atoms with Gasteiger partial charge in [-0.25, -0.2) is 4.39 Å². The molecule has 5 nitrogen and oxygen atoms in total. The second kappa shape index (κ2) is 7.02. The van der Waals surface area contributed by atoms with Crippen molar-refractivity contribution >= 4 is 17.5 Å². The number of halogens is 1. The zero-order valence-electron chi connectivity index (χ0n) is 15.1. The lowest BCUT2D eigenvalue weighted by Gasteiger charge is -2.22. The molecule has 1 heterocycles. The van der Waals surface area contributed by atoms with Crippen LogP contribution in [0.5, 0.6) is 5.75 Å². The molecule has 2 aliphatic rings. The van der Waals surface area contributed by atoms with Crippen LogP contribution in [0.1, 0.15) is 35.7 Å². The molecule has 0 spiro atoms. The van der Waals surface area contributed by atoms with E-state index in [1.807, 2.05) is 4.90 Å². The van der Waals surface area contributed by atoms with E-state index in [-0.39, 0.29) is 11.5 Å². The minimum Gasteiger partial charge on any atom is -0.481 e. The first kappa shape index (κ1) is 17.5. The van der Waals surface area contributed by atoms with Crippen molar-refractivity contribution in [2.75, 3.05) is 11.9 Å². The van der Waals surface area contributed by atoms with Crippen LogP contribution in [-0.4, -0.2) is 29.4 Å². The van der Waals surface area contributed by atoms with E-state index in [0.29, 0.717) is 23.9 Å². The number of hydrogen-bond donors (Lipinski definition) is 1. The molecule has 0 aromatic heterocycles. The lowest BCUT2D eigenvalue weighted by Crippen LogP contribution is -2.39. The van der Waals surface area contributed by atoms with Gasteiger partial charge in [0.2, 0.25) is 0 Å². The molecule has 1 N–H and O–H groups in total. The van der Waals surface area contributed by atoms with E-state index < -0.39 is 17.8 Å². The van der Waals surface area contributed by atoms with Gasteiger partial charge in [0.1, 0.15) is 11.6 Å². The molecule has 2 aromatic rings. The molecule has 0 radical (unpaired) electrons. The molecule has 6 heteroatoms. The number of amides is 2. The van der Waals surface area contributed by atoms with E-state index in [0.717, 1.165) is 24.9 Å². The highest BCUT2D eigenvalue weighted by molar-refractivity contribution is 6.04. The first-order chi connectivity index (χ1) is 13.0. The van der Waals surface area contributed by atoms with Crippen molar-refractivity contribution in [3.63, 3.8) is 0 Å². The summed E-state index contributed by atoms with van der Waals surface area (Å²) in [5, 5.41) is 2.72. The maximum Gasteiger partial charge on any atom is 0.263 e. The molecule has 2 aromatic carbocycles. The Morgan fingerprint density at radius 2 is 2.04 bits per heavy atom. The van der Waals surface area contributed by atoms with Crippen LogP contribution in [0.3, 0.4) is 0 Å². The molecular formula is C21H21FN2O3. The summed E-state index contributed by atoms with van der Waals surface area (Å²) >= 11 is 0. The van der Waals surface area contributed by atoms with Crippen molar-refractivity contribution in [3.05, 3.63) is 59.4 Å². The van der Waals surface area contributed by atoms with Crippen molar-refractivity contribution in [2.24, 2.45) is 5.92 Å². The van der Waals surface area contributed by atoms with Crippen LogP contribution in [0.25, 0.3) is 0 Å². The second-order valence-electron chi connectivity index (χ2n) is 7.18. The first-order valence-corrected chi connectivity index (χ1v) is 9.15. The predicted molar refractivity (Wildman–Crippen MR) is 99.0 cm³/mol. The van der Waals surface area contributed by atoms with Gasteiger partial charge >= 0.3 is 0 Å². The molecule has 0 saturated heterocycles. The Bertz CT molecular complexity index is 895. The van der Waals surface area contributed by atoms with Crippen molar-refractivity contribution in [3.8, 4) is 5.75 Å². The van der Waals surface area contributed by atoms with Gasteiger partial charge in [0.05, 0.1) is 5.56 Å². The van der Waals surface area contributed by atoms with Gasteiger partial charge < -0.3 is 15.0 Å². The van der Waals surface area contributed by atoms with E-state index in [1.54, 1.807) is 37.3 Å². The third-order valence-electron chi connectivity index (χ3n) is 4.94. The van der Waals surface area contributed by atoms with E-state index in [1.165, 1.54) is 12.1 Å². The first-order valence-electron chi connectivity index (χ1n) is 9.15. The van der Waals surface area contributed by atoms with E-state index in [4.69, 9.17) is 4.74 Å². The number of anilines is 1. The van der Waals surface area contributed by atoms with Gasteiger partial charge in [0.15, 0.2) is 6.10 Å². The molecule has 27 heavy (non-hydrogen) atoms. The fourth-order valence-corrected chi connectivity index (χ4v) is 3.29. The summed E-state index contributed by atoms with van der Waals surface area (Å²) < 4.78 is 19.6. The topological polar surface area (TPSA) is 58.6 Å². The maximum atomic E-state index is 13.8. The summed E-state index contributed by atoms with van der Waals surface area (Å²) in [6.45, 7) is 2.93. The number of carbonyl (C=O) groups is 2. The number of fused-ring (bicyclic) bond motifs is 1. The lowest BCUT2D eigenvalue weighted by molar-refractivity contribution is -0.137. The Hall–Kier alpha value is -2.89. The molecule has 1 aliphatic carbocycles. The number of ether oxygens (including phenoxy) is 1. The Balaban J connectivity index is 1.56. The summed E-state index contributed by atoms with van der Waals surface area (Å²) in [5.74, 6) is 0.115. The minimum absolute atomic E-state index is 0.0112. The number of hydrogen-bond acceptors (Lipinski definition) is 3. The van der Waals surface area contributed by atoms with Crippen LogP contribution in [0.2, 0.25) is 0 Å². The maximum absolute atomic E-state index is 13.8. The van der Waals surface area contributed by atoms with E-state index in [2.05, 4.69) is 5.32 Å². The SMILES string of the molecule is CC1Oc2ccc(NC(=O)c3ccccc3F)cc2CN(CC2CC2)C1=O. The van der Waals surface area contributed by atoms with Crippen LogP contribution in [0.4, 0.5) is 10.1 Å². The molecule has 0 bridgehead atoms. The van der Waals surface area contributed by atoms with Gasteiger partial charge in [-0.05, 0) is 56.0 Å². The van der Waals surface area contributed by atoms with Crippen molar-refractivity contribution < 1.29 is 18.7 Å². The normalized spacial score (nSPS) is 19.1. The van der Waals surface area contributed by atoms with Gasteiger partial charge in [-0.1, -0.05) is 12.1 Å². The quantitative estimate of drug-likeness (QED) is 0.897. The van der Waals surface area contributed by atoms with Gasteiger partial charge in [0.25, 0.3) is 11.8 Å². The molecular weight excluding hydrogens is 347 g/mol. The summed E-state index contributed by atoms with van der Waals surface area (Å²) in [6, 6.07) is 11.1. The monoisotopic (exact) mass is 368 g/mol.